The summed E-state index contributed by atoms with van der Waals surface area (Å²) >= 11 is 5.79. The first kappa shape index (κ1) is 6.74. The summed E-state index contributed by atoms with van der Waals surface area (Å²) in [4.78, 5) is 0. The molecule has 11 heavy (non-hydrogen) atoms. The third kappa shape index (κ3) is 1.24. The lowest BCUT2D eigenvalue weighted by Crippen LogP contribution is -2.02. The maximum absolute atomic E-state index is 5.79. The standard InChI is InChI=1S/C9H8ClN/c10-9-6-5-7-3-1-2-4-8(7)11-9/h1-4,6,11H,5H2. The molecule has 0 aromatic heterocycles. The highest BCUT2D eigenvalue weighted by Crippen LogP contribution is 2.23. The van der Waals surface area contributed by atoms with Crippen LogP contribution in [0.1, 0.15) is 5.56 Å². The fourth-order valence-electron chi connectivity index (χ4n) is 1.20. The number of fused-ring (bicyclic) bond motifs is 1. The van der Waals surface area contributed by atoms with Gasteiger partial charge in [0, 0.05) is 5.69 Å². The van der Waals surface area contributed by atoms with Gasteiger partial charge < -0.3 is 5.32 Å². The Kier molecular flexibility index (Phi) is 1.59. The number of allylic oxidation sites excluding steroid dienone is 1. The van der Waals surface area contributed by atoms with E-state index in [1.54, 1.807) is 0 Å². The zero-order chi connectivity index (χ0) is 7.68. The van der Waals surface area contributed by atoms with Crippen LogP contribution in [0.15, 0.2) is 35.5 Å². The van der Waals surface area contributed by atoms with E-state index in [0.717, 1.165) is 17.3 Å². The van der Waals surface area contributed by atoms with Crippen molar-refractivity contribution in [3.8, 4) is 0 Å². The van der Waals surface area contributed by atoms with Gasteiger partial charge in [0.1, 0.15) is 5.16 Å². The average molecular weight is 166 g/mol. The number of hydrogen-bond donors (Lipinski definition) is 1. The number of anilines is 1. The molecular formula is C9H8ClN. The Morgan fingerprint density at radius 3 is 3.00 bits per heavy atom. The summed E-state index contributed by atoms with van der Waals surface area (Å²) < 4.78 is 0. The van der Waals surface area contributed by atoms with Crippen molar-refractivity contribution in [1.29, 1.82) is 0 Å². The molecule has 2 rings (SSSR count). The fourth-order valence-corrected chi connectivity index (χ4v) is 1.38. The molecule has 0 fully saturated rings. The van der Waals surface area contributed by atoms with Gasteiger partial charge in [-0.1, -0.05) is 29.8 Å². The van der Waals surface area contributed by atoms with E-state index in [0.29, 0.717) is 0 Å². The van der Waals surface area contributed by atoms with Crippen molar-refractivity contribution in [2.24, 2.45) is 0 Å². The van der Waals surface area contributed by atoms with Crippen LogP contribution in [0.4, 0.5) is 5.69 Å². The first-order valence-electron chi connectivity index (χ1n) is 3.57. The first-order chi connectivity index (χ1) is 5.36. The van der Waals surface area contributed by atoms with Gasteiger partial charge in [0.05, 0.1) is 0 Å². The van der Waals surface area contributed by atoms with E-state index in [1.165, 1.54) is 5.56 Å². The van der Waals surface area contributed by atoms with E-state index >= 15 is 0 Å². The molecule has 1 aliphatic rings. The monoisotopic (exact) mass is 165 g/mol. The highest BCUT2D eigenvalue weighted by Gasteiger charge is 2.05. The van der Waals surface area contributed by atoms with Gasteiger partial charge in [-0.15, -0.1) is 0 Å². The van der Waals surface area contributed by atoms with Crippen molar-refractivity contribution < 1.29 is 0 Å². The Balaban J connectivity index is 2.42. The van der Waals surface area contributed by atoms with E-state index < -0.39 is 0 Å². The lowest BCUT2D eigenvalue weighted by molar-refractivity contribution is 1.21. The van der Waals surface area contributed by atoms with Crippen LogP contribution in [-0.2, 0) is 6.42 Å². The smallest absolute Gasteiger partial charge is 0.102 e. The number of rotatable bonds is 0. The van der Waals surface area contributed by atoms with Crippen LogP contribution < -0.4 is 5.32 Å². The molecule has 0 saturated heterocycles. The zero-order valence-corrected chi connectivity index (χ0v) is 6.73. The number of nitrogens with one attached hydrogen (secondary N) is 1. The summed E-state index contributed by atoms with van der Waals surface area (Å²) in [5.41, 5.74) is 2.43. The van der Waals surface area contributed by atoms with Gasteiger partial charge in [0.25, 0.3) is 0 Å². The van der Waals surface area contributed by atoms with Crippen LogP contribution in [0.3, 0.4) is 0 Å². The molecule has 0 radical (unpaired) electrons. The van der Waals surface area contributed by atoms with Crippen LogP contribution in [0, 0.1) is 0 Å². The van der Waals surface area contributed by atoms with Gasteiger partial charge in [-0.2, -0.15) is 0 Å². The second-order valence-corrected chi connectivity index (χ2v) is 2.95. The van der Waals surface area contributed by atoms with Gasteiger partial charge >= 0.3 is 0 Å². The molecule has 56 valence electrons. The minimum absolute atomic E-state index is 0.726. The second-order valence-electron chi connectivity index (χ2n) is 2.54. The molecule has 1 nitrogen and oxygen atoms in total. The van der Waals surface area contributed by atoms with Crippen LogP contribution in [0.25, 0.3) is 0 Å². The van der Waals surface area contributed by atoms with E-state index in [1.807, 2.05) is 24.3 Å². The number of hydrogen-bond acceptors (Lipinski definition) is 1. The van der Waals surface area contributed by atoms with Gasteiger partial charge in [-0.3, -0.25) is 0 Å². The van der Waals surface area contributed by atoms with E-state index in [2.05, 4.69) is 11.4 Å². The molecule has 1 aromatic carbocycles. The zero-order valence-electron chi connectivity index (χ0n) is 5.97. The number of halogens is 1. The fraction of sp³-hybridized carbons (Fsp3) is 0.111. The molecule has 0 saturated carbocycles. The van der Waals surface area contributed by atoms with Crippen molar-refractivity contribution in [1.82, 2.24) is 0 Å². The molecule has 1 heterocycles. The third-order valence-corrected chi connectivity index (χ3v) is 2.02. The molecule has 0 amide bonds. The molecule has 0 bridgehead atoms. The lowest BCUT2D eigenvalue weighted by Gasteiger charge is -2.14. The van der Waals surface area contributed by atoms with Crippen LogP contribution in [0.2, 0.25) is 0 Å². The van der Waals surface area contributed by atoms with E-state index in [9.17, 15) is 0 Å². The molecule has 0 spiro atoms. The Hall–Kier alpha value is -0.950. The quantitative estimate of drug-likeness (QED) is 0.583. The SMILES string of the molecule is ClC1=CCc2ccccc2N1. The van der Waals surface area contributed by atoms with Crippen molar-refractivity contribution in [3.63, 3.8) is 0 Å². The highest BCUT2D eigenvalue weighted by atomic mass is 35.5. The lowest BCUT2D eigenvalue weighted by atomic mass is 10.1. The van der Waals surface area contributed by atoms with Crippen molar-refractivity contribution in [2.75, 3.05) is 5.32 Å². The minimum Gasteiger partial charge on any atom is -0.346 e. The summed E-state index contributed by atoms with van der Waals surface area (Å²) in [5.74, 6) is 0. The summed E-state index contributed by atoms with van der Waals surface area (Å²) in [7, 11) is 0. The first-order valence-corrected chi connectivity index (χ1v) is 3.94. The maximum atomic E-state index is 5.79. The van der Waals surface area contributed by atoms with Crippen LogP contribution >= 0.6 is 11.6 Å². The van der Waals surface area contributed by atoms with Crippen LogP contribution in [0.5, 0.6) is 0 Å². The van der Waals surface area contributed by atoms with E-state index in [-0.39, 0.29) is 0 Å². The summed E-state index contributed by atoms with van der Waals surface area (Å²) in [6.07, 6.45) is 2.91. The van der Waals surface area contributed by atoms with Crippen molar-refractivity contribution in [3.05, 3.63) is 41.1 Å². The third-order valence-electron chi connectivity index (χ3n) is 1.77. The van der Waals surface area contributed by atoms with Gasteiger partial charge in [-0.25, -0.2) is 0 Å². The molecule has 0 unspecified atom stereocenters. The second kappa shape index (κ2) is 2.59. The number of benzene rings is 1. The van der Waals surface area contributed by atoms with Crippen LogP contribution in [-0.4, -0.2) is 0 Å². The molecule has 0 atom stereocenters. The minimum atomic E-state index is 0.726. The molecule has 1 aliphatic heterocycles. The predicted octanol–water partition coefficient (Wildman–Crippen LogP) is 2.73. The highest BCUT2D eigenvalue weighted by molar-refractivity contribution is 6.31. The average Bonchev–Trinajstić information content (AvgIpc) is 2.04. The normalized spacial score (nSPS) is 14.8. The van der Waals surface area contributed by atoms with Crippen molar-refractivity contribution in [2.45, 2.75) is 6.42 Å². The van der Waals surface area contributed by atoms with Gasteiger partial charge in [-0.05, 0) is 24.1 Å². The van der Waals surface area contributed by atoms with Crippen molar-refractivity contribution >= 4 is 17.3 Å². The maximum Gasteiger partial charge on any atom is 0.102 e. The van der Waals surface area contributed by atoms with Gasteiger partial charge in [0.15, 0.2) is 0 Å². The Morgan fingerprint density at radius 2 is 2.09 bits per heavy atom. The summed E-state index contributed by atoms with van der Waals surface area (Å²) in [6, 6.07) is 8.17. The van der Waals surface area contributed by atoms with E-state index in [4.69, 9.17) is 11.6 Å². The topological polar surface area (TPSA) is 12.0 Å². The largest absolute Gasteiger partial charge is 0.346 e. The molecule has 1 aromatic rings. The van der Waals surface area contributed by atoms with Gasteiger partial charge in [0.2, 0.25) is 0 Å². The molecular weight excluding hydrogens is 158 g/mol. The summed E-state index contributed by atoms with van der Waals surface area (Å²) in [5, 5.41) is 3.81. The molecule has 1 N–H and O–H groups in total. The Morgan fingerprint density at radius 1 is 1.27 bits per heavy atom. The molecule has 0 aliphatic carbocycles. The Labute approximate surface area is 70.7 Å². The number of para-hydroxylation sites is 1. The Bertz CT molecular complexity index is 304. The predicted molar refractivity (Wildman–Crippen MR) is 47.7 cm³/mol. The summed E-state index contributed by atoms with van der Waals surface area (Å²) in [6.45, 7) is 0. The molecule has 2 heteroatoms.